The lowest BCUT2D eigenvalue weighted by molar-refractivity contribution is -0.384. The minimum atomic E-state index is -0.904. The van der Waals surface area contributed by atoms with E-state index in [2.05, 4.69) is 0 Å². The van der Waals surface area contributed by atoms with Crippen molar-refractivity contribution in [3.05, 3.63) is 34.4 Å². The molecule has 0 amide bonds. The van der Waals surface area contributed by atoms with E-state index in [0.717, 1.165) is 11.8 Å². The third kappa shape index (κ3) is 3.25. The summed E-state index contributed by atoms with van der Waals surface area (Å²) in [5.41, 5.74) is 0.00216. The van der Waals surface area contributed by atoms with E-state index in [1.165, 1.54) is 12.1 Å². The van der Waals surface area contributed by atoms with Crippen molar-refractivity contribution in [1.82, 2.24) is 0 Å². The second kappa shape index (κ2) is 4.79. The number of carbonyl (C=O) groups is 1. The molecule has 0 aliphatic rings. The average molecular weight is 227 g/mol. The van der Waals surface area contributed by atoms with Crippen LogP contribution in [0.1, 0.15) is 6.92 Å². The van der Waals surface area contributed by atoms with Gasteiger partial charge in [0.05, 0.1) is 4.92 Å². The molecular weight excluding hydrogens is 218 g/mol. The molecule has 0 heterocycles. The van der Waals surface area contributed by atoms with Crippen molar-refractivity contribution in [3.8, 4) is 0 Å². The van der Waals surface area contributed by atoms with Gasteiger partial charge in [-0.1, -0.05) is 0 Å². The molecule has 1 aromatic rings. The molecule has 0 unspecified atom stereocenters. The van der Waals surface area contributed by atoms with E-state index in [4.69, 9.17) is 5.11 Å². The Balaban J connectivity index is 2.72. The molecule has 15 heavy (non-hydrogen) atoms. The van der Waals surface area contributed by atoms with Crippen molar-refractivity contribution in [3.63, 3.8) is 0 Å². The second-order valence-electron chi connectivity index (χ2n) is 2.85. The molecule has 0 aliphatic heterocycles. The highest BCUT2D eigenvalue weighted by molar-refractivity contribution is 8.00. The molecule has 0 aliphatic carbocycles. The first-order valence-electron chi connectivity index (χ1n) is 4.14. The van der Waals surface area contributed by atoms with Crippen molar-refractivity contribution in [2.75, 3.05) is 0 Å². The van der Waals surface area contributed by atoms with Gasteiger partial charge in [-0.3, -0.25) is 14.9 Å². The lowest BCUT2D eigenvalue weighted by Crippen LogP contribution is -2.10. The molecule has 0 saturated carbocycles. The number of hydrogen-bond donors (Lipinski definition) is 1. The van der Waals surface area contributed by atoms with Gasteiger partial charge in [0.15, 0.2) is 0 Å². The quantitative estimate of drug-likeness (QED) is 0.484. The van der Waals surface area contributed by atoms with E-state index in [0.29, 0.717) is 4.90 Å². The number of nitro benzene ring substituents is 1. The number of thioether (sulfide) groups is 1. The Kier molecular flexibility index (Phi) is 3.68. The third-order valence-corrected chi connectivity index (χ3v) is 2.81. The summed E-state index contributed by atoms with van der Waals surface area (Å²) in [6.07, 6.45) is 0. The minimum Gasteiger partial charge on any atom is -0.480 e. The van der Waals surface area contributed by atoms with Gasteiger partial charge in [0.25, 0.3) is 5.69 Å². The van der Waals surface area contributed by atoms with Gasteiger partial charge in [-0.25, -0.2) is 0 Å². The highest BCUT2D eigenvalue weighted by Gasteiger charge is 2.13. The molecule has 0 bridgehead atoms. The van der Waals surface area contributed by atoms with Gasteiger partial charge < -0.3 is 5.11 Å². The topological polar surface area (TPSA) is 80.4 Å². The normalized spacial score (nSPS) is 12.1. The molecule has 80 valence electrons. The smallest absolute Gasteiger partial charge is 0.316 e. The van der Waals surface area contributed by atoms with Crippen molar-refractivity contribution < 1.29 is 14.8 Å². The van der Waals surface area contributed by atoms with Crippen molar-refractivity contribution in [2.24, 2.45) is 0 Å². The lowest BCUT2D eigenvalue weighted by atomic mass is 10.3. The van der Waals surface area contributed by atoms with Gasteiger partial charge >= 0.3 is 5.97 Å². The molecule has 1 rings (SSSR count). The van der Waals surface area contributed by atoms with Crippen LogP contribution in [0.5, 0.6) is 0 Å². The van der Waals surface area contributed by atoms with E-state index in [1.54, 1.807) is 19.1 Å². The molecule has 5 nitrogen and oxygen atoms in total. The number of benzene rings is 1. The van der Waals surface area contributed by atoms with Crippen LogP contribution in [-0.4, -0.2) is 21.2 Å². The zero-order valence-electron chi connectivity index (χ0n) is 7.91. The summed E-state index contributed by atoms with van der Waals surface area (Å²) in [7, 11) is 0. The summed E-state index contributed by atoms with van der Waals surface area (Å²) in [6, 6.07) is 5.80. The summed E-state index contributed by atoms with van der Waals surface area (Å²) in [6.45, 7) is 1.56. The Labute approximate surface area is 90.3 Å². The largest absolute Gasteiger partial charge is 0.480 e. The van der Waals surface area contributed by atoms with Crippen LogP contribution in [0, 0.1) is 10.1 Å². The van der Waals surface area contributed by atoms with Crippen LogP contribution in [-0.2, 0) is 4.79 Å². The Bertz CT molecular complexity index is 376. The molecule has 1 aromatic carbocycles. The predicted molar refractivity (Wildman–Crippen MR) is 56.1 cm³/mol. The number of non-ortho nitro benzene ring substituents is 1. The molecule has 0 fully saturated rings. The first kappa shape index (κ1) is 11.5. The molecule has 6 heteroatoms. The van der Waals surface area contributed by atoms with E-state index < -0.39 is 16.1 Å². The highest BCUT2D eigenvalue weighted by Crippen LogP contribution is 2.25. The van der Waals surface area contributed by atoms with E-state index >= 15 is 0 Å². The van der Waals surface area contributed by atoms with Crippen LogP contribution in [0.2, 0.25) is 0 Å². The molecule has 0 spiro atoms. The number of carboxylic acid groups (broad SMARTS) is 1. The first-order chi connectivity index (χ1) is 7.00. The summed E-state index contributed by atoms with van der Waals surface area (Å²) in [5, 5.41) is 18.4. The number of nitro groups is 1. The third-order valence-electron chi connectivity index (χ3n) is 1.71. The van der Waals surface area contributed by atoms with Gasteiger partial charge in [0, 0.05) is 17.0 Å². The van der Waals surface area contributed by atoms with E-state index in [9.17, 15) is 14.9 Å². The van der Waals surface area contributed by atoms with Crippen LogP contribution in [0.4, 0.5) is 5.69 Å². The number of rotatable bonds is 4. The average Bonchev–Trinajstić information content (AvgIpc) is 2.18. The number of nitrogens with zero attached hydrogens (tertiary/aromatic N) is 1. The van der Waals surface area contributed by atoms with Gasteiger partial charge in [-0.2, -0.15) is 0 Å². The van der Waals surface area contributed by atoms with Crippen molar-refractivity contribution in [2.45, 2.75) is 17.1 Å². The monoisotopic (exact) mass is 227 g/mol. The van der Waals surface area contributed by atoms with Crippen molar-refractivity contribution in [1.29, 1.82) is 0 Å². The Hall–Kier alpha value is -1.56. The van der Waals surface area contributed by atoms with Crippen LogP contribution in [0.3, 0.4) is 0 Å². The second-order valence-corrected chi connectivity index (χ2v) is 4.26. The Morgan fingerprint density at radius 3 is 2.40 bits per heavy atom. The molecular formula is C9H9NO4S. The van der Waals surface area contributed by atoms with E-state index in [1.807, 2.05) is 0 Å². The SMILES string of the molecule is C[C@@H](Sc1ccc([N+](=O)[O-])cc1)C(=O)O. The predicted octanol–water partition coefficient (Wildman–Crippen LogP) is 2.16. The Morgan fingerprint density at radius 1 is 1.47 bits per heavy atom. The Morgan fingerprint density at radius 2 is 2.00 bits per heavy atom. The molecule has 0 radical (unpaired) electrons. The van der Waals surface area contributed by atoms with E-state index in [-0.39, 0.29) is 5.69 Å². The van der Waals surface area contributed by atoms with Gasteiger partial charge in [-0.15, -0.1) is 11.8 Å². The maximum absolute atomic E-state index is 10.5. The lowest BCUT2D eigenvalue weighted by Gasteiger charge is -2.04. The number of aliphatic carboxylic acids is 1. The molecule has 1 atom stereocenters. The fourth-order valence-electron chi connectivity index (χ4n) is 0.901. The van der Waals surface area contributed by atoms with Gasteiger partial charge in [0.1, 0.15) is 5.25 Å². The minimum absolute atomic E-state index is 0.00216. The fraction of sp³-hybridized carbons (Fsp3) is 0.222. The van der Waals surface area contributed by atoms with Crippen LogP contribution in [0.25, 0.3) is 0 Å². The molecule has 0 saturated heterocycles. The maximum Gasteiger partial charge on any atom is 0.316 e. The standard InChI is InChI=1S/C9H9NO4S/c1-6(9(11)12)15-8-4-2-7(3-5-8)10(13)14/h2-6H,1H3,(H,11,12)/t6-/m1/s1. The maximum atomic E-state index is 10.5. The first-order valence-corrected chi connectivity index (χ1v) is 5.02. The summed E-state index contributed by atoms with van der Waals surface area (Å²) < 4.78 is 0. The highest BCUT2D eigenvalue weighted by atomic mass is 32.2. The molecule has 0 aromatic heterocycles. The summed E-state index contributed by atoms with van der Waals surface area (Å²) >= 11 is 1.15. The van der Waals surface area contributed by atoms with Crippen LogP contribution in [0.15, 0.2) is 29.2 Å². The van der Waals surface area contributed by atoms with Crippen LogP contribution < -0.4 is 0 Å². The summed E-state index contributed by atoms with van der Waals surface area (Å²) in [5.74, 6) is -0.904. The molecule has 1 N–H and O–H groups in total. The number of hydrogen-bond acceptors (Lipinski definition) is 4. The zero-order valence-corrected chi connectivity index (χ0v) is 8.73. The fourth-order valence-corrected chi connectivity index (χ4v) is 1.70. The van der Waals surface area contributed by atoms with Gasteiger partial charge in [0.2, 0.25) is 0 Å². The number of carboxylic acids is 1. The van der Waals surface area contributed by atoms with Crippen molar-refractivity contribution >= 4 is 23.4 Å². The van der Waals surface area contributed by atoms with Gasteiger partial charge in [-0.05, 0) is 19.1 Å². The summed E-state index contributed by atoms with van der Waals surface area (Å²) in [4.78, 5) is 21.1. The van der Waals surface area contributed by atoms with Crippen LogP contribution >= 0.6 is 11.8 Å². The zero-order chi connectivity index (χ0) is 11.4.